The van der Waals surface area contributed by atoms with Gasteiger partial charge in [-0.05, 0) is 37.2 Å². The van der Waals surface area contributed by atoms with E-state index in [-0.39, 0.29) is 6.10 Å². The molecule has 2 fully saturated rings. The zero-order valence-electron chi connectivity index (χ0n) is 10.3. The van der Waals surface area contributed by atoms with Crippen LogP contribution >= 0.6 is 0 Å². The average molecular weight is 232 g/mol. The van der Waals surface area contributed by atoms with Gasteiger partial charge in [-0.15, -0.1) is 0 Å². The Morgan fingerprint density at radius 2 is 2.29 bits per heavy atom. The van der Waals surface area contributed by atoms with Crippen molar-refractivity contribution >= 4 is 5.69 Å². The van der Waals surface area contributed by atoms with Crippen LogP contribution in [0.1, 0.15) is 44.3 Å². The van der Waals surface area contributed by atoms with E-state index in [9.17, 15) is 0 Å². The number of ether oxygens (including phenoxy) is 1. The summed E-state index contributed by atoms with van der Waals surface area (Å²) in [5.41, 5.74) is 7.88. The summed E-state index contributed by atoms with van der Waals surface area (Å²) in [6.07, 6.45) is 9.13. The molecule has 0 radical (unpaired) electrons. The number of hydrogen-bond donors (Lipinski definition) is 1. The van der Waals surface area contributed by atoms with Crippen molar-refractivity contribution in [1.29, 1.82) is 0 Å². The fourth-order valence-electron chi connectivity index (χ4n) is 3.46. The molecule has 3 rings (SSSR count). The molecule has 2 aliphatic rings. The number of fused-ring (bicyclic) bond motifs is 1. The van der Waals surface area contributed by atoms with Crippen molar-refractivity contribution in [3.05, 3.63) is 24.0 Å². The van der Waals surface area contributed by atoms with Crippen LogP contribution in [-0.2, 0) is 4.74 Å². The van der Waals surface area contributed by atoms with Crippen LogP contribution in [0.2, 0.25) is 0 Å². The molecule has 4 atom stereocenters. The summed E-state index contributed by atoms with van der Waals surface area (Å²) in [6.45, 7) is 2.36. The van der Waals surface area contributed by atoms with Gasteiger partial charge in [-0.2, -0.15) is 0 Å². The monoisotopic (exact) mass is 232 g/mol. The molecular formula is C14H20N2O. The molecule has 1 aromatic heterocycles. The Bertz CT molecular complexity index is 407. The molecule has 3 heteroatoms. The summed E-state index contributed by atoms with van der Waals surface area (Å²) >= 11 is 0. The van der Waals surface area contributed by atoms with E-state index >= 15 is 0 Å². The van der Waals surface area contributed by atoms with E-state index in [1.807, 2.05) is 6.07 Å². The van der Waals surface area contributed by atoms with Crippen molar-refractivity contribution in [1.82, 2.24) is 4.98 Å². The number of hydrogen-bond acceptors (Lipinski definition) is 3. The maximum Gasteiger partial charge on any atom is 0.0852 e. The van der Waals surface area contributed by atoms with E-state index in [0.29, 0.717) is 6.10 Å². The molecule has 2 heterocycles. The first kappa shape index (κ1) is 11.0. The maximum atomic E-state index is 6.24. The van der Waals surface area contributed by atoms with Gasteiger partial charge in [-0.3, -0.25) is 4.98 Å². The van der Waals surface area contributed by atoms with Crippen LogP contribution in [0.4, 0.5) is 5.69 Å². The lowest BCUT2D eigenvalue weighted by Gasteiger charge is -2.37. The highest BCUT2D eigenvalue weighted by atomic mass is 16.5. The van der Waals surface area contributed by atoms with Gasteiger partial charge in [0.05, 0.1) is 24.1 Å². The van der Waals surface area contributed by atoms with Crippen molar-refractivity contribution in [2.75, 3.05) is 5.73 Å². The fraction of sp³-hybridized carbons (Fsp3) is 0.643. The Kier molecular flexibility index (Phi) is 2.79. The fourth-order valence-corrected chi connectivity index (χ4v) is 3.46. The van der Waals surface area contributed by atoms with Crippen molar-refractivity contribution in [3.8, 4) is 0 Å². The van der Waals surface area contributed by atoms with E-state index in [4.69, 9.17) is 10.5 Å². The lowest BCUT2D eigenvalue weighted by atomic mass is 9.82. The number of nitrogen functional groups attached to an aromatic ring is 1. The lowest BCUT2D eigenvalue weighted by molar-refractivity contribution is -0.0941. The minimum Gasteiger partial charge on any atom is -0.397 e. The Morgan fingerprint density at radius 3 is 3.12 bits per heavy atom. The lowest BCUT2D eigenvalue weighted by Crippen LogP contribution is -2.33. The van der Waals surface area contributed by atoms with E-state index in [1.165, 1.54) is 19.3 Å². The first-order valence-corrected chi connectivity index (χ1v) is 6.60. The van der Waals surface area contributed by atoms with Crippen LogP contribution in [-0.4, -0.2) is 11.1 Å². The second-order valence-electron chi connectivity index (χ2n) is 5.48. The van der Waals surface area contributed by atoms with Crippen molar-refractivity contribution < 1.29 is 4.74 Å². The molecule has 0 bridgehead atoms. The molecule has 92 valence electrons. The quantitative estimate of drug-likeness (QED) is 0.809. The molecular weight excluding hydrogens is 212 g/mol. The van der Waals surface area contributed by atoms with E-state index in [2.05, 4.69) is 11.9 Å². The summed E-state index contributed by atoms with van der Waals surface area (Å²) in [5.74, 6) is 1.52. The zero-order chi connectivity index (χ0) is 11.8. The Hall–Kier alpha value is -1.09. The van der Waals surface area contributed by atoms with Crippen LogP contribution in [0.15, 0.2) is 18.5 Å². The molecule has 2 N–H and O–H groups in total. The molecule has 1 saturated heterocycles. The summed E-state index contributed by atoms with van der Waals surface area (Å²) in [7, 11) is 0. The predicted molar refractivity (Wildman–Crippen MR) is 67.4 cm³/mol. The highest BCUT2D eigenvalue weighted by Crippen LogP contribution is 2.46. The van der Waals surface area contributed by atoms with E-state index in [0.717, 1.165) is 29.5 Å². The maximum absolute atomic E-state index is 6.24. The predicted octanol–water partition coefficient (Wildman–Crippen LogP) is 2.93. The number of rotatable bonds is 1. The minimum atomic E-state index is 0.173. The summed E-state index contributed by atoms with van der Waals surface area (Å²) in [5, 5.41) is 0. The van der Waals surface area contributed by atoms with Gasteiger partial charge in [0.1, 0.15) is 0 Å². The van der Waals surface area contributed by atoms with Crippen molar-refractivity contribution in [2.45, 2.75) is 44.8 Å². The van der Waals surface area contributed by atoms with Crippen molar-refractivity contribution in [2.24, 2.45) is 11.8 Å². The number of nitrogens with zero attached hydrogens (tertiary/aromatic N) is 1. The molecule has 1 aliphatic heterocycles. The number of anilines is 1. The third kappa shape index (κ3) is 1.93. The van der Waals surface area contributed by atoms with Crippen LogP contribution in [0, 0.1) is 11.8 Å². The first-order chi connectivity index (χ1) is 8.25. The van der Waals surface area contributed by atoms with Gasteiger partial charge in [0, 0.05) is 11.8 Å². The smallest absolute Gasteiger partial charge is 0.0852 e. The molecule has 1 aromatic rings. The van der Waals surface area contributed by atoms with Gasteiger partial charge >= 0.3 is 0 Å². The highest BCUT2D eigenvalue weighted by Gasteiger charge is 2.39. The highest BCUT2D eigenvalue weighted by molar-refractivity contribution is 5.45. The van der Waals surface area contributed by atoms with Gasteiger partial charge in [0.2, 0.25) is 0 Å². The topological polar surface area (TPSA) is 48.1 Å². The largest absolute Gasteiger partial charge is 0.397 e. The SMILES string of the molecule is C[C@H]1CC(c2ccncc2N)O[C@H]2CCC[C@H]21. The van der Waals surface area contributed by atoms with Gasteiger partial charge in [-0.25, -0.2) is 0 Å². The second-order valence-corrected chi connectivity index (χ2v) is 5.48. The van der Waals surface area contributed by atoms with Gasteiger partial charge in [0.15, 0.2) is 0 Å². The van der Waals surface area contributed by atoms with Crippen molar-refractivity contribution in [3.63, 3.8) is 0 Å². The summed E-state index contributed by atoms with van der Waals surface area (Å²) < 4.78 is 6.24. The summed E-state index contributed by atoms with van der Waals surface area (Å²) in [4.78, 5) is 4.04. The third-order valence-corrected chi connectivity index (χ3v) is 4.39. The minimum absolute atomic E-state index is 0.173. The molecule has 0 spiro atoms. The normalized spacial score (nSPS) is 36.8. The molecule has 17 heavy (non-hydrogen) atoms. The Morgan fingerprint density at radius 1 is 1.41 bits per heavy atom. The molecule has 0 amide bonds. The molecule has 1 saturated carbocycles. The van der Waals surface area contributed by atoms with Crippen LogP contribution < -0.4 is 5.73 Å². The van der Waals surface area contributed by atoms with Crippen LogP contribution in [0.3, 0.4) is 0 Å². The average Bonchev–Trinajstić information content (AvgIpc) is 2.78. The molecule has 0 aromatic carbocycles. The van der Waals surface area contributed by atoms with Gasteiger partial charge < -0.3 is 10.5 Å². The van der Waals surface area contributed by atoms with Gasteiger partial charge in [-0.1, -0.05) is 13.3 Å². The second kappa shape index (κ2) is 4.30. The molecule has 1 unspecified atom stereocenters. The number of aromatic nitrogens is 1. The number of pyridine rings is 1. The zero-order valence-corrected chi connectivity index (χ0v) is 10.3. The Balaban J connectivity index is 1.83. The van der Waals surface area contributed by atoms with E-state index in [1.54, 1.807) is 12.4 Å². The number of nitrogens with two attached hydrogens (primary N) is 1. The van der Waals surface area contributed by atoms with E-state index < -0.39 is 0 Å². The standard InChI is InChI=1S/C14H20N2O/c1-9-7-14(11-5-6-16-8-12(11)15)17-13-4-2-3-10(9)13/h5-6,8-10,13-14H,2-4,7,15H2,1H3/t9-,10-,13-,14?/m0/s1. The third-order valence-electron chi connectivity index (χ3n) is 4.39. The molecule has 3 nitrogen and oxygen atoms in total. The van der Waals surface area contributed by atoms with Crippen LogP contribution in [0.25, 0.3) is 0 Å². The molecule has 1 aliphatic carbocycles. The van der Waals surface area contributed by atoms with Crippen LogP contribution in [0.5, 0.6) is 0 Å². The van der Waals surface area contributed by atoms with Gasteiger partial charge in [0.25, 0.3) is 0 Å². The summed E-state index contributed by atoms with van der Waals surface area (Å²) in [6, 6.07) is 2.00. The Labute approximate surface area is 102 Å². The first-order valence-electron chi connectivity index (χ1n) is 6.60.